The molecule has 6 nitrogen and oxygen atoms in total. The molecule has 0 spiro atoms. The van der Waals surface area contributed by atoms with Crippen LogP contribution in [0.4, 0.5) is 4.39 Å². The Balaban J connectivity index is 2.90. The molecule has 0 unspecified atom stereocenters. The molecule has 1 aromatic rings. The second-order valence-corrected chi connectivity index (χ2v) is 4.44. The monoisotopic (exact) mass is 333 g/mol. The summed E-state index contributed by atoms with van der Waals surface area (Å²) in [4.78, 5) is 33.0. The summed E-state index contributed by atoms with van der Waals surface area (Å²) in [5.74, 6) is -4.40. The number of carbonyl (C=O) groups excluding carboxylic acids is 1. The minimum atomic E-state index is -1.58. The van der Waals surface area contributed by atoms with Crippen LogP contribution in [0.5, 0.6) is 0 Å². The first-order valence-corrected chi connectivity index (χ1v) is 5.81. The molecule has 0 fully saturated rings. The summed E-state index contributed by atoms with van der Waals surface area (Å²) < 4.78 is 13.3. The van der Waals surface area contributed by atoms with Crippen molar-refractivity contribution in [1.29, 1.82) is 0 Å². The van der Waals surface area contributed by atoms with Crippen LogP contribution in [0.2, 0.25) is 0 Å². The van der Waals surface area contributed by atoms with Crippen molar-refractivity contribution >= 4 is 33.8 Å². The van der Waals surface area contributed by atoms with Crippen molar-refractivity contribution in [2.45, 2.75) is 12.5 Å². The average Bonchev–Trinajstić information content (AvgIpc) is 2.30. The molecule has 8 heteroatoms. The first-order valence-electron chi connectivity index (χ1n) is 5.01. The molecule has 0 aromatic heterocycles. The number of benzene rings is 1. The summed E-state index contributed by atoms with van der Waals surface area (Å²) in [5, 5.41) is 19.3. The van der Waals surface area contributed by atoms with Crippen molar-refractivity contribution in [1.82, 2.24) is 5.32 Å². The van der Waals surface area contributed by atoms with Crippen LogP contribution in [-0.2, 0) is 9.59 Å². The number of carboxylic acid groups (broad SMARTS) is 2. The molecule has 0 radical (unpaired) electrons. The number of carbonyl (C=O) groups is 3. The zero-order valence-corrected chi connectivity index (χ0v) is 11.0. The van der Waals surface area contributed by atoms with E-state index in [0.717, 1.165) is 12.1 Å². The molecular formula is C11H9BrFNO5. The quantitative estimate of drug-likeness (QED) is 0.752. The van der Waals surface area contributed by atoms with E-state index in [-0.39, 0.29) is 10.0 Å². The van der Waals surface area contributed by atoms with Gasteiger partial charge in [-0.25, -0.2) is 9.18 Å². The number of halogens is 2. The van der Waals surface area contributed by atoms with E-state index < -0.39 is 36.1 Å². The summed E-state index contributed by atoms with van der Waals surface area (Å²) in [6.45, 7) is 0. The van der Waals surface area contributed by atoms with E-state index in [1.807, 2.05) is 5.32 Å². The molecule has 0 aliphatic carbocycles. The second-order valence-electron chi connectivity index (χ2n) is 3.59. The topological polar surface area (TPSA) is 104 Å². The summed E-state index contributed by atoms with van der Waals surface area (Å²) in [6.07, 6.45) is -0.770. The maximum absolute atomic E-state index is 13.0. The Morgan fingerprint density at radius 3 is 2.47 bits per heavy atom. The van der Waals surface area contributed by atoms with E-state index >= 15 is 0 Å². The van der Waals surface area contributed by atoms with E-state index in [0.29, 0.717) is 0 Å². The first-order chi connectivity index (χ1) is 8.81. The molecule has 0 bridgehead atoms. The maximum atomic E-state index is 13.0. The van der Waals surface area contributed by atoms with Gasteiger partial charge in [-0.3, -0.25) is 9.59 Å². The van der Waals surface area contributed by atoms with Crippen LogP contribution in [0.3, 0.4) is 0 Å². The molecule has 1 atom stereocenters. The lowest BCUT2D eigenvalue weighted by Gasteiger charge is -2.13. The average molecular weight is 334 g/mol. The van der Waals surface area contributed by atoms with Gasteiger partial charge in [-0.05, 0) is 34.1 Å². The molecule has 19 heavy (non-hydrogen) atoms. The number of amides is 1. The minimum Gasteiger partial charge on any atom is -0.481 e. The third-order valence-corrected chi connectivity index (χ3v) is 2.85. The van der Waals surface area contributed by atoms with Crippen LogP contribution in [0, 0.1) is 5.82 Å². The third-order valence-electron chi connectivity index (χ3n) is 2.16. The predicted molar refractivity (Wildman–Crippen MR) is 65.2 cm³/mol. The molecule has 3 N–H and O–H groups in total. The number of hydrogen-bond donors (Lipinski definition) is 3. The zero-order valence-electron chi connectivity index (χ0n) is 9.39. The van der Waals surface area contributed by atoms with E-state index in [1.54, 1.807) is 0 Å². The largest absolute Gasteiger partial charge is 0.481 e. The molecule has 0 saturated heterocycles. The Morgan fingerprint density at radius 1 is 1.32 bits per heavy atom. The Kier molecular flexibility index (Phi) is 4.99. The molecule has 0 aliphatic heterocycles. The third kappa shape index (κ3) is 4.32. The highest BCUT2D eigenvalue weighted by atomic mass is 79.9. The normalized spacial score (nSPS) is 11.7. The van der Waals surface area contributed by atoms with Gasteiger partial charge in [0, 0.05) is 4.47 Å². The fourth-order valence-corrected chi connectivity index (χ4v) is 1.71. The molecule has 1 aromatic carbocycles. The number of carboxylic acids is 2. The van der Waals surface area contributed by atoms with Crippen molar-refractivity contribution in [3.8, 4) is 0 Å². The lowest BCUT2D eigenvalue weighted by molar-refractivity contribution is -0.145. The smallest absolute Gasteiger partial charge is 0.326 e. The molecule has 0 heterocycles. The van der Waals surface area contributed by atoms with Gasteiger partial charge in [-0.1, -0.05) is 0 Å². The van der Waals surface area contributed by atoms with Crippen LogP contribution in [0.1, 0.15) is 16.8 Å². The molecule has 0 aliphatic rings. The number of aliphatic carboxylic acids is 2. The Morgan fingerprint density at radius 2 is 1.95 bits per heavy atom. The zero-order chi connectivity index (χ0) is 14.6. The highest BCUT2D eigenvalue weighted by molar-refractivity contribution is 9.10. The van der Waals surface area contributed by atoms with Crippen molar-refractivity contribution in [2.75, 3.05) is 0 Å². The number of hydrogen-bond acceptors (Lipinski definition) is 3. The number of nitrogens with one attached hydrogen (secondary N) is 1. The van der Waals surface area contributed by atoms with Crippen molar-refractivity contribution in [2.24, 2.45) is 0 Å². The number of rotatable bonds is 5. The minimum absolute atomic E-state index is 0.114. The predicted octanol–water partition coefficient (Wildman–Crippen LogP) is 1.25. The van der Waals surface area contributed by atoms with Gasteiger partial charge in [-0.15, -0.1) is 0 Å². The van der Waals surface area contributed by atoms with E-state index in [9.17, 15) is 18.8 Å². The molecular weight excluding hydrogens is 325 g/mol. The lowest BCUT2D eigenvalue weighted by atomic mass is 10.1. The standard InChI is InChI=1S/C11H9BrFNO5/c12-7-2-1-5(13)3-6(7)10(17)14-8(11(18)19)4-9(15)16/h1-3,8H,4H2,(H,14,17)(H,15,16)(H,18,19)/t8-/m1/s1. The SMILES string of the molecule is O=C(O)C[C@@H](NC(=O)c1cc(F)ccc1Br)C(=O)O. The fraction of sp³-hybridized carbons (Fsp3) is 0.182. The van der Waals surface area contributed by atoms with Crippen LogP contribution >= 0.6 is 15.9 Å². The summed E-state index contributed by atoms with van der Waals surface area (Å²) in [6, 6.07) is 1.74. The lowest BCUT2D eigenvalue weighted by Crippen LogP contribution is -2.42. The Hall–Kier alpha value is -1.96. The van der Waals surface area contributed by atoms with E-state index in [4.69, 9.17) is 10.2 Å². The van der Waals surface area contributed by atoms with Crippen molar-refractivity contribution in [3.05, 3.63) is 34.1 Å². The van der Waals surface area contributed by atoms with Gasteiger partial charge >= 0.3 is 11.9 Å². The van der Waals surface area contributed by atoms with Gasteiger partial charge in [0.15, 0.2) is 0 Å². The maximum Gasteiger partial charge on any atom is 0.326 e. The van der Waals surface area contributed by atoms with Gasteiger partial charge in [0.25, 0.3) is 5.91 Å². The highest BCUT2D eigenvalue weighted by Crippen LogP contribution is 2.18. The van der Waals surface area contributed by atoms with Crippen LogP contribution in [0.25, 0.3) is 0 Å². The van der Waals surface area contributed by atoms with Crippen molar-refractivity contribution < 1.29 is 29.0 Å². The fourth-order valence-electron chi connectivity index (χ4n) is 1.28. The van der Waals surface area contributed by atoms with Gasteiger partial charge in [0.05, 0.1) is 12.0 Å². The first kappa shape index (κ1) is 15.1. The second kappa shape index (κ2) is 6.28. The Bertz CT molecular complexity index is 534. The molecule has 0 saturated carbocycles. The van der Waals surface area contributed by atoms with E-state index in [2.05, 4.69) is 15.9 Å². The molecule has 1 amide bonds. The van der Waals surface area contributed by atoms with Crippen LogP contribution in [0.15, 0.2) is 22.7 Å². The molecule has 102 valence electrons. The molecule has 1 rings (SSSR count). The van der Waals surface area contributed by atoms with Crippen LogP contribution in [-0.4, -0.2) is 34.1 Å². The Labute approximate surface area is 115 Å². The highest BCUT2D eigenvalue weighted by Gasteiger charge is 2.24. The van der Waals surface area contributed by atoms with Crippen LogP contribution < -0.4 is 5.32 Å². The van der Waals surface area contributed by atoms with Gasteiger partial charge in [0.2, 0.25) is 0 Å². The van der Waals surface area contributed by atoms with E-state index in [1.165, 1.54) is 6.07 Å². The summed E-state index contributed by atoms with van der Waals surface area (Å²) in [7, 11) is 0. The van der Waals surface area contributed by atoms with Gasteiger partial charge < -0.3 is 15.5 Å². The summed E-state index contributed by atoms with van der Waals surface area (Å²) >= 11 is 3.02. The van der Waals surface area contributed by atoms with Gasteiger partial charge in [0.1, 0.15) is 11.9 Å². The van der Waals surface area contributed by atoms with Gasteiger partial charge in [-0.2, -0.15) is 0 Å². The van der Waals surface area contributed by atoms with Crippen molar-refractivity contribution in [3.63, 3.8) is 0 Å². The summed E-state index contributed by atoms with van der Waals surface area (Å²) in [5.41, 5.74) is -0.114.